The lowest BCUT2D eigenvalue weighted by Crippen LogP contribution is -2.43. The molecule has 0 aromatic heterocycles. The summed E-state index contributed by atoms with van der Waals surface area (Å²) in [5.74, 6) is 0. The van der Waals surface area contributed by atoms with Crippen LogP contribution in [-0.4, -0.2) is 38.7 Å². The van der Waals surface area contributed by atoms with Crippen molar-refractivity contribution in [1.29, 1.82) is 0 Å². The van der Waals surface area contributed by atoms with E-state index in [1.54, 1.807) is 0 Å². The summed E-state index contributed by atoms with van der Waals surface area (Å²) in [7, 11) is -3.07. The van der Waals surface area contributed by atoms with E-state index in [0.29, 0.717) is 0 Å². The zero-order valence-electron chi connectivity index (χ0n) is 11.6. The summed E-state index contributed by atoms with van der Waals surface area (Å²) < 4.78 is 25.1. The van der Waals surface area contributed by atoms with Crippen molar-refractivity contribution < 1.29 is 8.42 Å². The highest BCUT2D eigenvalue weighted by atomic mass is 32.2. The Morgan fingerprint density at radius 3 is 2.32 bits per heavy atom. The van der Waals surface area contributed by atoms with Crippen molar-refractivity contribution in [3.05, 3.63) is 35.4 Å². The summed E-state index contributed by atoms with van der Waals surface area (Å²) in [5.41, 5.74) is 2.60. The second-order valence-electron chi connectivity index (χ2n) is 5.43. The van der Waals surface area contributed by atoms with Crippen molar-refractivity contribution in [2.45, 2.75) is 32.4 Å². The van der Waals surface area contributed by atoms with Crippen LogP contribution < -0.4 is 4.72 Å². The smallest absolute Gasteiger partial charge is 0.208 e. The minimum atomic E-state index is -3.07. The first kappa shape index (κ1) is 14.5. The van der Waals surface area contributed by atoms with Gasteiger partial charge in [0, 0.05) is 25.7 Å². The molecule has 4 nitrogen and oxygen atoms in total. The van der Waals surface area contributed by atoms with Crippen LogP contribution in [0.15, 0.2) is 24.3 Å². The van der Waals surface area contributed by atoms with E-state index in [1.165, 1.54) is 17.4 Å². The number of nitrogens with one attached hydrogen (secondary N) is 1. The first-order valence-electron chi connectivity index (χ1n) is 6.67. The second kappa shape index (κ2) is 6.03. The van der Waals surface area contributed by atoms with Crippen molar-refractivity contribution in [3.63, 3.8) is 0 Å². The van der Waals surface area contributed by atoms with E-state index in [4.69, 9.17) is 0 Å². The highest BCUT2D eigenvalue weighted by molar-refractivity contribution is 7.88. The number of piperidine rings is 1. The van der Waals surface area contributed by atoms with Crippen LogP contribution in [-0.2, 0) is 16.6 Å². The Kier molecular flexibility index (Phi) is 4.60. The Bertz CT molecular complexity index is 503. The van der Waals surface area contributed by atoms with Crippen molar-refractivity contribution in [1.82, 2.24) is 9.62 Å². The monoisotopic (exact) mass is 282 g/mol. The van der Waals surface area contributed by atoms with Gasteiger partial charge in [0.15, 0.2) is 0 Å². The van der Waals surface area contributed by atoms with Crippen LogP contribution in [0.3, 0.4) is 0 Å². The fourth-order valence-corrected chi connectivity index (χ4v) is 3.30. The number of benzene rings is 1. The van der Waals surface area contributed by atoms with Crippen molar-refractivity contribution in [2.75, 3.05) is 19.3 Å². The summed E-state index contributed by atoms with van der Waals surface area (Å²) in [4.78, 5) is 2.38. The first-order valence-corrected chi connectivity index (χ1v) is 8.57. The van der Waals surface area contributed by atoms with Crippen molar-refractivity contribution in [2.24, 2.45) is 0 Å². The van der Waals surface area contributed by atoms with Crippen molar-refractivity contribution >= 4 is 10.0 Å². The zero-order chi connectivity index (χ0) is 13.9. The van der Waals surface area contributed by atoms with Crippen LogP contribution >= 0.6 is 0 Å². The second-order valence-corrected chi connectivity index (χ2v) is 7.21. The molecule has 106 valence electrons. The Hall–Kier alpha value is -0.910. The molecule has 2 rings (SSSR count). The van der Waals surface area contributed by atoms with Gasteiger partial charge in [-0.3, -0.25) is 4.90 Å². The maximum Gasteiger partial charge on any atom is 0.208 e. The molecule has 0 atom stereocenters. The predicted molar refractivity (Wildman–Crippen MR) is 77.5 cm³/mol. The highest BCUT2D eigenvalue weighted by Crippen LogP contribution is 2.14. The third-order valence-electron chi connectivity index (χ3n) is 3.50. The van der Waals surface area contributed by atoms with E-state index in [9.17, 15) is 8.42 Å². The Morgan fingerprint density at radius 1 is 1.21 bits per heavy atom. The molecule has 5 heteroatoms. The molecule has 1 fully saturated rings. The van der Waals surface area contributed by atoms with Gasteiger partial charge in [0.2, 0.25) is 10.0 Å². The van der Waals surface area contributed by atoms with Gasteiger partial charge in [-0.05, 0) is 25.3 Å². The lowest BCUT2D eigenvalue weighted by atomic mass is 10.0. The molecule has 0 amide bonds. The lowest BCUT2D eigenvalue weighted by Gasteiger charge is -2.31. The van der Waals surface area contributed by atoms with Gasteiger partial charge in [0.1, 0.15) is 0 Å². The molecule has 0 radical (unpaired) electrons. The number of likely N-dealkylation sites (tertiary alicyclic amines) is 1. The van der Waals surface area contributed by atoms with Gasteiger partial charge < -0.3 is 0 Å². The number of sulfonamides is 1. The summed E-state index contributed by atoms with van der Waals surface area (Å²) in [6.07, 6.45) is 3.00. The topological polar surface area (TPSA) is 49.4 Å². The Morgan fingerprint density at radius 2 is 1.79 bits per heavy atom. The molecule has 0 bridgehead atoms. The Balaban J connectivity index is 1.82. The van der Waals surface area contributed by atoms with Crippen LogP contribution in [0.25, 0.3) is 0 Å². The number of rotatable bonds is 4. The minimum Gasteiger partial charge on any atom is -0.299 e. The van der Waals surface area contributed by atoms with E-state index in [2.05, 4.69) is 40.8 Å². The highest BCUT2D eigenvalue weighted by Gasteiger charge is 2.21. The number of hydrogen-bond acceptors (Lipinski definition) is 3. The normalized spacial score (nSPS) is 18.6. The van der Waals surface area contributed by atoms with Crippen LogP contribution in [0.4, 0.5) is 0 Å². The van der Waals surface area contributed by atoms with E-state index in [1.807, 2.05) is 0 Å². The molecular formula is C14H22N2O2S. The molecular weight excluding hydrogens is 260 g/mol. The third kappa shape index (κ3) is 4.93. The molecule has 1 heterocycles. The molecule has 0 aliphatic carbocycles. The number of hydrogen-bond donors (Lipinski definition) is 1. The van der Waals surface area contributed by atoms with Crippen LogP contribution in [0.2, 0.25) is 0 Å². The first-order chi connectivity index (χ1) is 8.92. The molecule has 1 aliphatic heterocycles. The van der Waals surface area contributed by atoms with Gasteiger partial charge in [-0.2, -0.15) is 0 Å². The summed E-state index contributed by atoms with van der Waals surface area (Å²) in [5, 5.41) is 0. The minimum absolute atomic E-state index is 0.101. The fourth-order valence-electron chi connectivity index (χ4n) is 2.46. The van der Waals surface area contributed by atoms with Crippen LogP contribution in [0.5, 0.6) is 0 Å². The van der Waals surface area contributed by atoms with Crippen LogP contribution in [0, 0.1) is 6.92 Å². The van der Waals surface area contributed by atoms with Gasteiger partial charge in [0.25, 0.3) is 0 Å². The van der Waals surface area contributed by atoms with Gasteiger partial charge >= 0.3 is 0 Å². The zero-order valence-corrected chi connectivity index (χ0v) is 12.4. The lowest BCUT2D eigenvalue weighted by molar-refractivity contribution is 0.200. The maximum atomic E-state index is 11.2. The number of nitrogens with zero attached hydrogens (tertiary/aromatic N) is 1. The fraction of sp³-hybridized carbons (Fsp3) is 0.571. The Labute approximate surface area is 115 Å². The summed E-state index contributed by atoms with van der Waals surface area (Å²) >= 11 is 0. The van der Waals surface area contributed by atoms with E-state index < -0.39 is 10.0 Å². The molecule has 0 spiro atoms. The van der Waals surface area contributed by atoms with Gasteiger partial charge in [0.05, 0.1) is 6.26 Å². The van der Waals surface area contributed by atoms with E-state index >= 15 is 0 Å². The third-order valence-corrected chi connectivity index (χ3v) is 4.26. The maximum absolute atomic E-state index is 11.2. The SMILES string of the molecule is Cc1ccc(CN2CCC(NS(C)(=O)=O)CC2)cc1. The van der Waals surface area contributed by atoms with Gasteiger partial charge in [-0.1, -0.05) is 29.8 Å². The standard InChI is InChI=1S/C14H22N2O2S/c1-12-3-5-13(6-4-12)11-16-9-7-14(8-10-16)15-19(2,17)18/h3-6,14-15H,7-11H2,1-2H3. The molecule has 1 saturated heterocycles. The number of aryl methyl sites for hydroxylation is 1. The quantitative estimate of drug-likeness (QED) is 0.910. The summed E-state index contributed by atoms with van der Waals surface area (Å²) in [6.45, 7) is 4.93. The molecule has 1 aromatic rings. The van der Waals surface area contributed by atoms with Gasteiger partial charge in [-0.15, -0.1) is 0 Å². The van der Waals surface area contributed by atoms with E-state index in [-0.39, 0.29) is 6.04 Å². The molecule has 0 saturated carbocycles. The summed E-state index contributed by atoms with van der Waals surface area (Å²) in [6, 6.07) is 8.69. The van der Waals surface area contributed by atoms with Gasteiger partial charge in [-0.25, -0.2) is 13.1 Å². The average Bonchev–Trinajstić information content (AvgIpc) is 2.33. The molecule has 0 unspecified atom stereocenters. The average molecular weight is 282 g/mol. The largest absolute Gasteiger partial charge is 0.299 e. The molecule has 1 N–H and O–H groups in total. The molecule has 19 heavy (non-hydrogen) atoms. The molecule has 1 aromatic carbocycles. The van der Waals surface area contributed by atoms with Crippen molar-refractivity contribution in [3.8, 4) is 0 Å². The molecule has 1 aliphatic rings. The van der Waals surface area contributed by atoms with E-state index in [0.717, 1.165) is 32.5 Å². The van der Waals surface area contributed by atoms with Crippen LogP contribution in [0.1, 0.15) is 24.0 Å². The predicted octanol–water partition coefficient (Wildman–Crippen LogP) is 1.51.